The van der Waals surface area contributed by atoms with Crippen LogP contribution >= 0.6 is 0 Å². The van der Waals surface area contributed by atoms with Crippen LogP contribution < -0.4 is 15.1 Å². The second kappa shape index (κ2) is 5.73. The number of nitrogens with zero attached hydrogens (tertiary/aromatic N) is 2. The largest absolute Gasteiger partial charge is 0.376 e. The predicted molar refractivity (Wildman–Crippen MR) is 75.5 cm³/mol. The second-order valence-corrected chi connectivity index (χ2v) is 4.86. The van der Waals surface area contributed by atoms with Crippen LogP contribution in [-0.2, 0) is 14.4 Å². The summed E-state index contributed by atoms with van der Waals surface area (Å²) in [6, 6.07) is 6.69. The summed E-state index contributed by atoms with van der Waals surface area (Å²) in [5.41, 5.74) is 1.49. The predicted octanol–water partition coefficient (Wildman–Crippen LogP) is 0.521. The highest BCUT2D eigenvalue weighted by Gasteiger charge is 2.32. The molecule has 0 bridgehead atoms. The fourth-order valence-corrected chi connectivity index (χ4v) is 2.31. The van der Waals surface area contributed by atoms with Crippen LogP contribution in [0.1, 0.15) is 12.8 Å². The van der Waals surface area contributed by atoms with Gasteiger partial charge in [0.1, 0.15) is 6.04 Å². The molecule has 1 aliphatic rings. The zero-order valence-corrected chi connectivity index (χ0v) is 11.5. The van der Waals surface area contributed by atoms with Gasteiger partial charge in [0.15, 0.2) is 0 Å². The van der Waals surface area contributed by atoms with Crippen LogP contribution in [0.25, 0.3) is 0 Å². The van der Waals surface area contributed by atoms with Crippen molar-refractivity contribution in [3.8, 4) is 0 Å². The van der Waals surface area contributed by atoms with Gasteiger partial charge in [-0.1, -0.05) is 12.1 Å². The number of hydrogen-bond donors (Lipinski definition) is 1. The van der Waals surface area contributed by atoms with Gasteiger partial charge in [0.25, 0.3) is 0 Å². The van der Waals surface area contributed by atoms with E-state index in [1.54, 1.807) is 6.07 Å². The van der Waals surface area contributed by atoms with Gasteiger partial charge in [-0.15, -0.1) is 0 Å². The Hall–Kier alpha value is -2.37. The average molecular weight is 275 g/mol. The van der Waals surface area contributed by atoms with Crippen LogP contribution in [-0.4, -0.2) is 38.4 Å². The monoisotopic (exact) mass is 275 g/mol. The lowest BCUT2D eigenvalue weighted by Crippen LogP contribution is -2.52. The normalized spacial score (nSPS) is 18.4. The Morgan fingerprint density at radius 2 is 1.85 bits per heavy atom. The van der Waals surface area contributed by atoms with Crippen LogP contribution in [0.3, 0.4) is 0 Å². The van der Waals surface area contributed by atoms with Crippen molar-refractivity contribution in [3.63, 3.8) is 0 Å². The number of carbonyl (C=O) groups excluding carboxylic acids is 3. The molecule has 1 saturated heterocycles. The summed E-state index contributed by atoms with van der Waals surface area (Å²) in [6.45, 7) is 0. The number of para-hydroxylation sites is 2. The lowest BCUT2D eigenvalue weighted by atomic mass is 10.0. The van der Waals surface area contributed by atoms with Crippen LogP contribution in [0.15, 0.2) is 24.3 Å². The summed E-state index contributed by atoms with van der Waals surface area (Å²) < 4.78 is 0. The maximum absolute atomic E-state index is 11.9. The molecule has 0 spiro atoms. The first-order chi connectivity index (χ1) is 9.54. The number of hydrogen-bond acceptors (Lipinski definition) is 4. The van der Waals surface area contributed by atoms with E-state index in [1.807, 2.05) is 37.2 Å². The number of benzene rings is 1. The molecular weight excluding hydrogens is 258 g/mol. The van der Waals surface area contributed by atoms with Crippen LogP contribution in [0, 0.1) is 0 Å². The summed E-state index contributed by atoms with van der Waals surface area (Å²) in [5, 5.41) is 2.27. The first-order valence-electron chi connectivity index (χ1n) is 6.38. The molecule has 0 aromatic heterocycles. The Labute approximate surface area is 117 Å². The third kappa shape index (κ3) is 2.64. The zero-order valence-electron chi connectivity index (χ0n) is 11.5. The number of amides is 3. The number of rotatable bonds is 4. The first-order valence-corrected chi connectivity index (χ1v) is 6.38. The van der Waals surface area contributed by atoms with Crippen LogP contribution in [0.5, 0.6) is 0 Å². The minimum Gasteiger partial charge on any atom is -0.376 e. The van der Waals surface area contributed by atoms with Gasteiger partial charge in [-0.25, -0.2) is 0 Å². The molecule has 1 aromatic carbocycles. The Bertz CT molecular complexity index is 542. The highest BCUT2D eigenvalue weighted by Crippen LogP contribution is 2.29. The quantitative estimate of drug-likeness (QED) is 0.642. The van der Waals surface area contributed by atoms with Crippen molar-refractivity contribution in [2.24, 2.45) is 0 Å². The molecule has 2 rings (SSSR count). The third-order valence-corrected chi connectivity index (χ3v) is 3.30. The van der Waals surface area contributed by atoms with Crippen molar-refractivity contribution in [2.75, 3.05) is 23.9 Å². The maximum Gasteiger partial charge on any atom is 0.249 e. The molecule has 3 amide bonds. The molecule has 1 unspecified atom stereocenters. The molecule has 20 heavy (non-hydrogen) atoms. The second-order valence-electron chi connectivity index (χ2n) is 4.86. The molecule has 6 nitrogen and oxygen atoms in total. The molecule has 1 aromatic rings. The standard InChI is InChI=1S/C14H17N3O3/c1-16(2)10-5-3-4-6-11(10)17(9-18)12-7-8-13(19)15-14(12)20/h3-6,9,12H,7-8H2,1-2H3,(H,15,19,20). The Morgan fingerprint density at radius 1 is 1.20 bits per heavy atom. The van der Waals surface area contributed by atoms with Crippen molar-refractivity contribution in [1.29, 1.82) is 0 Å². The molecule has 0 radical (unpaired) electrons. The van der Waals surface area contributed by atoms with Crippen molar-refractivity contribution < 1.29 is 14.4 Å². The molecule has 0 aliphatic carbocycles. The van der Waals surface area contributed by atoms with Gasteiger partial charge in [0.2, 0.25) is 18.2 Å². The van der Waals surface area contributed by atoms with Crippen LogP contribution in [0.2, 0.25) is 0 Å². The molecule has 6 heteroatoms. The summed E-state index contributed by atoms with van der Waals surface area (Å²) in [5.74, 6) is -0.722. The van der Waals surface area contributed by atoms with E-state index >= 15 is 0 Å². The third-order valence-electron chi connectivity index (χ3n) is 3.30. The molecule has 1 atom stereocenters. The molecule has 1 fully saturated rings. The van der Waals surface area contributed by atoms with Crippen molar-refractivity contribution >= 4 is 29.6 Å². The Balaban J connectivity index is 2.35. The van der Waals surface area contributed by atoms with E-state index in [9.17, 15) is 14.4 Å². The maximum atomic E-state index is 11.9. The molecule has 106 valence electrons. The lowest BCUT2D eigenvalue weighted by molar-refractivity contribution is -0.134. The van der Waals surface area contributed by atoms with Gasteiger partial charge in [-0.3, -0.25) is 19.7 Å². The van der Waals surface area contributed by atoms with E-state index in [0.717, 1.165) is 5.69 Å². The average Bonchev–Trinajstić information content (AvgIpc) is 2.42. The Kier molecular flexibility index (Phi) is 4.02. The van der Waals surface area contributed by atoms with E-state index in [-0.39, 0.29) is 12.3 Å². The van der Waals surface area contributed by atoms with E-state index in [0.29, 0.717) is 18.5 Å². The molecule has 1 heterocycles. The highest BCUT2D eigenvalue weighted by molar-refractivity contribution is 6.04. The van der Waals surface area contributed by atoms with E-state index in [2.05, 4.69) is 5.32 Å². The van der Waals surface area contributed by atoms with Gasteiger partial charge in [-0.2, -0.15) is 0 Å². The lowest BCUT2D eigenvalue weighted by Gasteiger charge is -2.32. The van der Waals surface area contributed by atoms with Crippen LogP contribution in [0.4, 0.5) is 11.4 Å². The smallest absolute Gasteiger partial charge is 0.249 e. The van der Waals surface area contributed by atoms with Gasteiger partial charge < -0.3 is 9.80 Å². The summed E-state index contributed by atoms with van der Waals surface area (Å²) in [6.07, 6.45) is 1.22. The van der Waals surface area contributed by atoms with Gasteiger partial charge in [0.05, 0.1) is 11.4 Å². The van der Waals surface area contributed by atoms with Gasteiger partial charge >= 0.3 is 0 Å². The van der Waals surface area contributed by atoms with Gasteiger partial charge in [-0.05, 0) is 18.6 Å². The summed E-state index contributed by atoms with van der Waals surface area (Å²) >= 11 is 0. The SMILES string of the molecule is CN(C)c1ccccc1N(C=O)C1CCC(=O)NC1=O. The highest BCUT2D eigenvalue weighted by atomic mass is 16.2. The fraction of sp³-hybridized carbons (Fsp3) is 0.357. The number of nitrogens with one attached hydrogen (secondary N) is 1. The number of piperidine rings is 1. The zero-order chi connectivity index (χ0) is 14.7. The fourth-order valence-electron chi connectivity index (χ4n) is 2.31. The van der Waals surface area contributed by atoms with E-state index < -0.39 is 11.9 Å². The van der Waals surface area contributed by atoms with E-state index in [4.69, 9.17) is 0 Å². The number of imide groups is 1. The number of carbonyl (C=O) groups is 3. The summed E-state index contributed by atoms with van der Waals surface area (Å²) in [4.78, 5) is 37.8. The molecule has 0 saturated carbocycles. The minimum absolute atomic E-state index is 0.241. The molecular formula is C14H17N3O3. The minimum atomic E-state index is -0.647. The first kappa shape index (κ1) is 14.0. The van der Waals surface area contributed by atoms with Crippen molar-refractivity contribution in [1.82, 2.24) is 5.32 Å². The topological polar surface area (TPSA) is 69.7 Å². The van der Waals surface area contributed by atoms with Gasteiger partial charge in [0, 0.05) is 20.5 Å². The Morgan fingerprint density at radius 3 is 2.40 bits per heavy atom. The molecule has 1 aliphatic heterocycles. The van der Waals surface area contributed by atoms with Crippen molar-refractivity contribution in [3.05, 3.63) is 24.3 Å². The van der Waals surface area contributed by atoms with Crippen molar-refractivity contribution in [2.45, 2.75) is 18.9 Å². The van der Waals surface area contributed by atoms with E-state index in [1.165, 1.54) is 4.90 Å². The summed E-state index contributed by atoms with van der Waals surface area (Å²) in [7, 11) is 3.73. The number of anilines is 2. The molecule has 1 N–H and O–H groups in total.